The second kappa shape index (κ2) is 3.43. The Balaban J connectivity index is 1.95. The van der Waals surface area contributed by atoms with E-state index in [4.69, 9.17) is 5.26 Å². The summed E-state index contributed by atoms with van der Waals surface area (Å²) in [4.78, 5) is 0. The Morgan fingerprint density at radius 3 is 2.93 bits per heavy atom. The molecule has 1 aromatic rings. The van der Waals surface area contributed by atoms with Gasteiger partial charge in [-0.25, -0.2) is 0 Å². The largest absolute Gasteiger partial charge is 0.295 e. The van der Waals surface area contributed by atoms with E-state index in [0.717, 1.165) is 37.1 Å². The third-order valence-electron chi connectivity index (χ3n) is 2.97. The van der Waals surface area contributed by atoms with Crippen LogP contribution in [0, 0.1) is 18.3 Å². The molecule has 0 unspecified atom stereocenters. The SMILES string of the molecule is Cc1[nH]ncc1CNC1(C#N)CCC1. The van der Waals surface area contributed by atoms with Crippen molar-refractivity contribution >= 4 is 0 Å². The summed E-state index contributed by atoms with van der Waals surface area (Å²) >= 11 is 0. The van der Waals surface area contributed by atoms with E-state index in [-0.39, 0.29) is 5.54 Å². The predicted molar refractivity (Wildman–Crippen MR) is 52.4 cm³/mol. The van der Waals surface area contributed by atoms with Crippen LogP contribution in [0.3, 0.4) is 0 Å². The molecule has 1 saturated carbocycles. The Morgan fingerprint density at radius 2 is 2.50 bits per heavy atom. The normalized spacial score (nSPS) is 18.6. The summed E-state index contributed by atoms with van der Waals surface area (Å²) in [5, 5.41) is 19.1. The van der Waals surface area contributed by atoms with Crippen molar-refractivity contribution in [2.75, 3.05) is 0 Å². The van der Waals surface area contributed by atoms with Gasteiger partial charge in [-0.2, -0.15) is 10.4 Å². The molecule has 74 valence electrons. The van der Waals surface area contributed by atoms with E-state index in [1.54, 1.807) is 0 Å². The van der Waals surface area contributed by atoms with Crippen LogP contribution in [-0.2, 0) is 6.54 Å². The molecule has 0 bridgehead atoms. The van der Waals surface area contributed by atoms with Crippen LogP contribution in [0.15, 0.2) is 6.20 Å². The van der Waals surface area contributed by atoms with Crippen LogP contribution in [0.5, 0.6) is 0 Å². The fraction of sp³-hybridized carbons (Fsp3) is 0.600. The lowest BCUT2D eigenvalue weighted by Crippen LogP contribution is -2.49. The molecule has 4 heteroatoms. The summed E-state index contributed by atoms with van der Waals surface area (Å²) in [5.41, 5.74) is 1.96. The first-order valence-electron chi connectivity index (χ1n) is 4.91. The second-order valence-corrected chi connectivity index (χ2v) is 3.92. The minimum absolute atomic E-state index is 0.260. The summed E-state index contributed by atoms with van der Waals surface area (Å²) in [6.07, 6.45) is 4.91. The highest BCUT2D eigenvalue weighted by Crippen LogP contribution is 2.31. The first-order valence-corrected chi connectivity index (χ1v) is 4.91. The van der Waals surface area contributed by atoms with Gasteiger partial charge in [0, 0.05) is 17.8 Å². The average Bonchev–Trinajstić information content (AvgIpc) is 2.51. The van der Waals surface area contributed by atoms with Crippen molar-refractivity contribution in [2.45, 2.75) is 38.3 Å². The Kier molecular flexibility index (Phi) is 2.26. The van der Waals surface area contributed by atoms with E-state index in [0.29, 0.717) is 0 Å². The lowest BCUT2D eigenvalue weighted by molar-refractivity contribution is 0.252. The number of aromatic nitrogens is 2. The number of H-pyrrole nitrogens is 1. The zero-order chi connectivity index (χ0) is 10.0. The number of hydrogen-bond donors (Lipinski definition) is 2. The van der Waals surface area contributed by atoms with Gasteiger partial charge >= 0.3 is 0 Å². The van der Waals surface area contributed by atoms with E-state index >= 15 is 0 Å². The molecule has 0 atom stereocenters. The Labute approximate surface area is 83.3 Å². The molecule has 1 heterocycles. The number of nitrogens with one attached hydrogen (secondary N) is 2. The summed E-state index contributed by atoms with van der Waals surface area (Å²) in [6, 6.07) is 2.36. The van der Waals surface area contributed by atoms with Crippen molar-refractivity contribution in [3.63, 3.8) is 0 Å². The highest BCUT2D eigenvalue weighted by Gasteiger charge is 2.36. The molecule has 1 aliphatic carbocycles. The minimum atomic E-state index is -0.260. The molecule has 0 spiro atoms. The summed E-state index contributed by atoms with van der Waals surface area (Å²) < 4.78 is 0. The van der Waals surface area contributed by atoms with Gasteiger partial charge < -0.3 is 0 Å². The van der Waals surface area contributed by atoms with E-state index in [2.05, 4.69) is 21.6 Å². The van der Waals surface area contributed by atoms with Gasteiger partial charge in [0.2, 0.25) is 0 Å². The topological polar surface area (TPSA) is 64.5 Å². The average molecular weight is 190 g/mol. The fourth-order valence-electron chi connectivity index (χ4n) is 1.68. The molecule has 1 fully saturated rings. The van der Waals surface area contributed by atoms with Gasteiger partial charge in [0.05, 0.1) is 12.3 Å². The molecule has 0 amide bonds. The maximum absolute atomic E-state index is 9.00. The van der Waals surface area contributed by atoms with Gasteiger partial charge in [-0.1, -0.05) is 0 Å². The van der Waals surface area contributed by atoms with Crippen molar-refractivity contribution < 1.29 is 0 Å². The third kappa shape index (κ3) is 1.51. The van der Waals surface area contributed by atoms with Crippen LogP contribution in [-0.4, -0.2) is 15.7 Å². The van der Waals surface area contributed by atoms with E-state index in [1.165, 1.54) is 0 Å². The van der Waals surface area contributed by atoms with E-state index < -0.39 is 0 Å². The van der Waals surface area contributed by atoms with Crippen LogP contribution in [0.4, 0.5) is 0 Å². The second-order valence-electron chi connectivity index (χ2n) is 3.92. The smallest absolute Gasteiger partial charge is 0.107 e. The summed E-state index contributed by atoms with van der Waals surface area (Å²) in [7, 11) is 0. The highest BCUT2D eigenvalue weighted by molar-refractivity contribution is 5.18. The molecule has 0 aliphatic heterocycles. The Bertz CT molecular complexity index is 356. The molecule has 2 N–H and O–H groups in total. The van der Waals surface area contributed by atoms with Crippen LogP contribution in [0.1, 0.15) is 30.5 Å². The summed E-state index contributed by atoms with van der Waals surface area (Å²) in [6.45, 7) is 2.72. The van der Waals surface area contributed by atoms with Crippen LogP contribution in [0.2, 0.25) is 0 Å². The van der Waals surface area contributed by atoms with E-state index in [1.807, 2.05) is 13.1 Å². The highest BCUT2D eigenvalue weighted by atomic mass is 15.1. The lowest BCUT2D eigenvalue weighted by atomic mass is 9.78. The molecule has 4 nitrogen and oxygen atoms in total. The fourth-order valence-corrected chi connectivity index (χ4v) is 1.68. The molecule has 14 heavy (non-hydrogen) atoms. The van der Waals surface area contributed by atoms with Gasteiger partial charge in [0.25, 0.3) is 0 Å². The van der Waals surface area contributed by atoms with Crippen LogP contribution < -0.4 is 5.32 Å². The number of aryl methyl sites for hydroxylation is 1. The van der Waals surface area contributed by atoms with Crippen molar-refractivity contribution in [1.82, 2.24) is 15.5 Å². The quantitative estimate of drug-likeness (QED) is 0.754. The van der Waals surface area contributed by atoms with Crippen molar-refractivity contribution in [1.29, 1.82) is 5.26 Å². The molecular weight excluding hydrogens is 176 g/mol. The number of nitrogens with zero attached hydrogens (tertiary/aromatic N) is 2. The van der Waals surface area contributed by atoms with Crippen LogP contribution in [0.25, 0.3) is 0 Å². The number of hydrogen-bond acceptors (Lipinski definition) is 3. The number of nitriles is 1. The zero-order valence-electron chi connectivity index (χ0n) is 8.30. The predicted octanol–water partition coefficient (Wildman–Crippen LogP) is 1.25. The maximum Gasteiger partial charge on any atom is 0.107 e. The molecular formula is C10H14N4. The van der Waals surface area contributed by atoms with Crippen molar-refractivity contribution in [3.05, 3.63) is 17.5 Å². The van der Waals surface area contributed by atoms with Gasteiger partial charge in [0.1, 0.15) is 5.54 Å². The molecule has 0 aromatic carbocycles. The molecule has 0 saturated heterocycles. The number of aromatic amines is 1. The van der Waals surface area contributed by atoms with Gasteiger partial charge in [-0.3, -0.25) is 10.4 Å². The molecule has 2 rings (SSSR count). The number of rotatable bonds is 3. The minimum Gasteiger partial charge on any atom is -0.295 e. The Morgan fingerprint density at radius 1 is 1.71 bits per heavy atom. The zero-order valence-corrected chi connectivity index (χ0v) is 8.30. The first-order chi connectivity index (χ1) is 6.76. The van der Waals surface area contributed by atoms with Gasteiger partial charge in [0.15, 0.2) is 0 Å². The maximum atomic E-state index is 9.00. The van der Waals surface area contributed by atoms with E-state index in [9.17, 15) is 0 Å². The summed E-state index contributed by atoms with van der Waals surface area (Å²) in [5.74, 6) is 0. The monoisotopic (exact) mass is 190 g/mol. The Hall–Kier alpha value is -1.34. The molecule has 1 aliphatic rings. The third-order valence-corrected chi connectivity index (χ3v) is 2.97. The van der Waals surface area contributed by atoms with Crippen molar-refractivity contribution in [2.24, 2.45) is 0 Å². The lowest BCUT2D eigenvalue weighted by Gasteiger charge is -2.36. The van der Waals surface area contributed by atoms with Crippen molar-refractivity contribution in [3.8, 4) is 6.07 Å². The first kappa shape index (κ1) is 9.22. The molecule has 1 aromatic heterocycles. The molecule has 0 radical (unpaired) electrons. The van der Waals surface area contributed by atoms with Gasteiger partial charge in [-0.05, 0) is 26.2 Å². The van der Waals surface area contributed by atoms with Gasteiger partial charge in [-0.15, -0.1) is 0 Å². The standard InChI is InChI=1S/C10H14N4/c1-8-9(6-13-14-8)5-12-10(7-11)3-2-4-10/h6,12H,2-5H2,1H3,(H,13,14). The van der Waals surface area contributed by atoms with Crippen LogP contribution >= 0.6 is 0 Å².